The van der Waals surface area contributed by atoms with Crippen molar-refractivity contribution in [2.24, 2.45) is 5.10 Å². The zero-order chi connectivity index (χ0) is 27.6. The van der Waals surface area contributed by atoms with Crippen LogP contribution in [0.2, 0.25) is 0 Å². The van der Waals surface area contributed by atoms with Gasteiger partial charge in [0.1, 0.15) is 0 Å². The van der Waals surface area contributed by atoms with Crippen LogP contribution in [0.4, 0.5) is 5.13 Å². The quantitative estimate of drug-likeness (QED) is 0.190. The average Bonchev–Trinajstić information content (AvgIpc) is 3.37. The number of aromatic nitrogens is 1. The van der Waals surface area contributed by atoms with Gasteiger partial charge < -0.3 is 0 Å². The second-order valence-corrected chi connectivity index (χ2v) is 13.1. The van der Waals surface area contributed by atoms with E-state index in [1.54, 1.807) is 25.4 Å². The number of nitrogens with zero attached hydrogens (tertiary/aromatic N) is 4. The lowest BCUT2D eigenvalue weighted by Gasteiger charge is -2.30. The monoisotopic (exact) mass is 560 g/mol. The van der Waals surface area contributed by atoms with E-state index in [0.29, 0.717) is 10.7 Å². The zero-order valence-corrected chi connectivity index (χ0v) is 24.0. The molecule has 1 aromatic heterocycles. The molecule has 0 radical (unpaired) electrons. The smallest absolute Gasteiger partial charge is 0.267 e. The predicted octanol–water partition coefficient (Wildman–Crippen LogP) is 6.55. The summed E-state index contributed by atoms with van der Waals surface area (Å²) in [5.74, 6) is -0.390. The Bertz CT molecular complexity index is 1600. The first kappa shape index (κ1) is 27.2. The second kappa shape index (κ2) is 11.4. The molecule has 9 heteroatoms. The van der Waals surface area contributed by atoms with E-state index in [2.05, 4.69) is 10.1 Å². The number of sulfonamides is 1. The van der Waals surface area contributed by atoms with E-state index in [0.717, 1.165) is 59.0 Å². The van der Waals surface area contributed by atoms with E-state index in [-0.39, 0.29) is 10.9 Å². The molecule has 1 aliphatic rings. The maximum Gasteiger partial charge on any atom is 0.280 e. The summed E-state index contributed by atoms with van der Waals surface area (Å²) in [4.78, 5) is 18.6. The minimum atomic E-state index is -3.66. The van der Waals surface area contributed by atoms with Crippen molar-refractivity contribution in [3.63, 3.8) is 0 Å². The van der Waals surface area contributed by atoms with E-state index in [1.807, 2.05) is 56.3 Å². The maximum atomic E-state index is 13.7. The Morgan fingerprint density at radius 2 is 1.62 bits per heavy atom. The fourth-order valence-electron chi connectivity index (χ4n) is 4.77. The van der Waals surface area contributed by atoms with Crippen molar-refractivity contribution in [1.29, 1.82) is 0 Å². The fraction of sp³-hybridized carbons (Fsp3) is 0.300. The van der Waals surface area contributed by atoms with Gasteiger partial charge in [-0.05, 0) is 74.2 Å². The highest BCUT2D eigenvalue weighted by Crippen LogP contribution is 2.31. The Hall–Kier alpha value is -3.40. The molecule has 4 aromatic rings. The molecule has 0 N–H and O–H groups in total. The third-order valence-corrected chi connectivity index (χ3v) is 10.1. The van der Waals surface area contributed by atoms with E-state index >= 15 is 0 Å². The van der Waals surface area contributed by atoms with Crippen molar-refractivity contribution in [2.45, 2.75) is 56.9 Å². The number of hydrogen-bond donors (Lipinski definition) is 0. The Balaban J connectivity index is 1.45. The lowest BCUT2D eigenvalue weighted by atomic mass is 9.96. The minimum absolute atomic E-state index is 0.0133. The molecule has 5 rings (SSSR count). The summed E-state index contributed by atoms with van der Waals surface area (Å²) in [6, 6.07) is 19.9. The van der Waals surface area contributed by atoms with Gasteiger partial charge in [-0.15, -0.1) is 0 Å². The maximum absolute atomic E-state index is 13.7. The second-order valence-electron chi connectivity index (χ2n) is 10.1. The van der Waals surface area contributed by atoms with Crippen LogP contribution in [0.1, 0.15) is 59.2 Å². The first-order chi connectivity index (χ1) is 18.7. The Morgan fingerprint density at radius 1 is 0.949 bits per heavy atom. The minimum Gasteiger partial charge on any atom is -0.267 e. The third-order valence-electron chi connectivity index (χ3n) is 7.17. The molecular weight excluding hydrogens is 528 g/mol. The number of thiazole rings is 1. The summed E-state index contributed by atoms with van der Waals surface area (Å²) in [5.41, 5.74) is 4.20. The molecular formula is C30H32N4O3S2. The first-order valence-corrected chi connectivity index (χ1v) is 15.4. The van der Waals surface area contributed by atoms with Gasteiger partial charge >= 0.3 is 0 Å². The first-order valence-electron chi connectivity index (χ1n) is 13.1. The van der Waals surface area contributed by atoms with Gasteiger partial charge in [0.2, 0.25) is 15.2 Å². The van der Waals surface area contributed by atoms with Gasteiger partial charge in [-0.25, -0.2) is 13.4 Å². The number of carbonyl (C=O) groups excluding carboxylic acids is 1. The number of hydrazone groups is 1. The van der Waals surface area contributed by atoms with Crippen LogP contribution in [-0.4, -0.2) is 42.9 Å². The van der Waals surface area contributed by atoms with Gasteiger partial charge in [0.25, 0.3) is 5.91 Å². The Kier molecular flexibility index (Phi) is 7.93. The highest BCUT2D eigenvalue weighted by Gasteiger charge is 2.29. The summed E-state index contributed by atoms with van der Waals surface area (Å²) in [6.45, 7) is 4.02. The number of benzene rings is 3. The number of carbonyl (C=O) groups is 1. The molecule has 1 heterocycles. The molecule has 0 saturated heterocycles. The molecule has 0 unspecified atom stereocenters. The number of rotatable bonds is 7. The molecule has 1 saturated carbocycles. The Labute approximate surface area is 233 Å². The van der Waals surface area contributed by atoms with Crippen LogP contribution in [0.5, 0.6) is 0 Å². The summed E-state index contributed by atoms with van der Waals surface area (Å²) < 4.78 is 29.0. The average molecular weight is 561 g/mol. The van der Waals surface area contributed by atoms with Gasteiger partial charge in [-0.2, -0.15) is 14.4 Å². The van der Waals surface area contributed by atoms with Crippen LogP contribution in [0.3, 0.4) is 0 Å². The molecule has 1 aliphatic carbocycles. The van der Waals surface area contributed by atoms with E-state index in [1.165, 1.54) is 32.8 Å². The van der Waals surface area contributed by atoms with Gasteiger partial charge in [-0.3, -0.25) is 4.79 Å². The van der Waals surface area contributed by atoms with E-state index in [4.69, 9.17) is 0 Å². The number of hydrogen-bond acceptors (Lipinski definition) is 6. The van der Waals surface area contributed by atoms with E-state index < -0.39 is 15.9 Å². The lowest BCUT2D eigenvalue weighted by molar-refractivity contribution is 0.0987. The zero-order valence-electron chi connectivity index (χ0n) is 22.4. The molecule has 1 amide bonds. The summed E-state index contributed by atoms with van der Waals surface area (Å²) in [7, 11) is -2.00. The van der Waals surface area contributed by atoms with Crippen LogP contribution in [0, 0.1) is 13.8 Å². The highest BCUT2D eigenvalue weighted by atomic mass is 32.2. The molecule has 0 spiro atoms. The van der Waals surface area contributed by atoms with Crippen molar-refractivity contribution in [3.8, 4) is 0 Å². The largest absolute Gasteiger partial charge is 0.280 e. The van der Waals surface area contributed by atoms with Crippen molar-refractivity contribution >= 4 is 48.8 Å². The number of anilines is 1. The molecule has 1 fully saturated rings. The summed E-state index contributed by atoms with van der Waals surface area (Å²) >= 11 is 1.38. The molecule has 202 valence electrons. The van der Waals surface area contributed by atoms with Crippen LogP contribution in [0.15, 0.2) is 76.7 Å². The highest BCUT2D eigenvalue weighted by molar-refractivity contribution is 7.89. The predicted molar refractivity (Wildman–Crippen MR) is 158 cm³/mol. The van der Waals surface area contributed by atoms with Gasteiger partial charge in [0, 0.05) is 18.7 Å². The van der Waals surface area contributed by atoms with Crippen molar-refractivity contribution in [1.82, 2.24) is 9.29 Å². The van der Waals surface area contributed by atoms with Gasteiger partial charge in [0.05, 0.1) is 21.3 Å². The van der Waals surface area contributed by atoms with Crippen molar-refractivity contribution < 1.29 is 13.2 Å². The number of aryl methyl sites for hydroxylation is 2. The fourth-order valence-corrected chi connectivity index (χ4v) is 7.21. The topological polar surface area (TPSA) is 82.9 Å². The molecule has 0 atom stereocenters. The Morgan fingerprint density at radius 3 is 2.31 bits per heavy atom. The molecule has 3 aromatic carbocycles. The standard InChI is InChI=1S/C30H32N4O3S2/c1-21-9-12-23(13-10-21)20-31-34(30-32-27-18-11-22(2)19-28(27)38-30)29(35)24-14-16-26(17-15-24)39(36,37)33(3)25-7-5-4-6-8-25/h9-20,25H,4-8H2,1-3H3/b31-20+. The van der Waals surface area contributed by atoms with Crippen molar-refractivity contribution in [3.05, 3.63) is 89.0 Å². The summed E-state index contributed by atoms with van der Waals surface area (Å²) in [6.07, 6.45) is 6.62. The van der Waals surface area contributed by atoms with Crippen LogP contribution in [0.25, 0.3) is 10.2 Å². The van der Waals surface area contributed by atoms with Crippen LogP contribution >= 0.6 is 11.3 Å². The van der Waals surface area contributed by atoms with Crippen LogP contribution < -0.4 is 5.01 Å². The molecule has 7 nitrogen and oxygen atoms in total. The summed E-state index contributed by atoms with van der Waals surface area (Å²) in [5, 5.41) is 6.26. The SMILES string of the molecule is Cc1ccc(/C=N/N(C(=O)c2ccc(S(=O)(=O)N(C)C3CCCCC3)cc2)c2nc3ccc(C)cc3s2)cc1. The molecule has 0 bridgehead atoms. The van der Waals surface area contributed by atoms with Crippen molar-refractivity contribution in [2.75, 3.05) is 12.1 Å². The molecule has 39 heavy (non-hydrogen) atoms. The van der Waals surface area contributed by atoms with E-state index in [9.17, 15) is 13.2 Å². The number of amides is 1. The third kappa shape index (κ3) is 5.95. The number of fused-ring (bicyclic) bond motifs is 1. The lowest BCUT2D eigenvalue weighted by Crippen LogP contribution is -2.38. The molecule has 0 aliphatic heterocycles. The van der Waals surface area contributed by atoms with Gasteiger partial charge in [0.15, 0.2) is 0 Å². The van der Waals surface area contributed by atoms with Gasteiger partial charge in [-0.1, -0.05) is 66.5 Å². The van der Waals surface area contributed by atoms with Crippen LogP contribution in [-0.2, 0) is 10.0 Å². The normalized spacial score (nSPS) is 14.9.